The standard InChI is InChI=1S/C10H10ClNOS/c1-10(11)7-5-6(13-2)3-4-8(7)12-9(10)14/h3-5H,1-2H3,(H,12,14). The van der Waals surface area contributed by atoms with Crippen molar-refractivity contribution < 1.29 is 4.74 Å². The van der Waals surface area contributed by atoms with Crippen molar-refractivity contribution in [3.63, 3.8) is 0 Å². The van der Waals surface area contributed by atoms with Crippen LogP contribution in [-0.4, -0.2) is 12.1 Å². The second-order valence-electron chi connectivity index (χ2n) is 3.37. The van der Waals surface area contributed by atoms with E-state index in [1.165, 1.54) is 0 Å². The Hall–Kier alpha value is -0.800. The van der Waals surface area contributed by atoms with Gasteiger partial charge in [-0.25, -0.2) is 0 Å². The maximum absolute atomic E-state index is 6.32. The SMILES string of the molecule is COc1ccc2c(c1)C(C)(Cl)C(=S)N2. The van der Waals surface area contributed by atoms with Crippen molar-refractivity contribution >= 4 is 34.5 Å². The average molecular weight is 228 g/mol. The Labute approximate surface area is 93.2 Å². The highest BCUT2D eigenvalue weighted by molar-refractivity contribution is 7.81. The Morgan fingerprint density at radius 2 is 2.21 bits per heavy atom. The lowest BCUT2D eigenvalue weighted by molar-refractivity contribution is 0.414. The molecule has 0 radical (unpaired) electrons. The molecule has 1 aromatic carbocycles. The molecule has 1 unspecified atom stereocenters. The summed E-state index contributed by atoms with van der Waals surface area (Å²) in [5.74, 6) is 0.794. The molecular weight excluding hydrogens is 218 g/mol. The molecule has 0 fully saturated rings. The third-order valence-electron chi connectivity index (χ3n) is 2.41. The first kappa shape index (κ1) is 9.74. The molecule has 2 nitrogen and oxygen atoms in total. The number of hydrogen-bond acceptors (Lipinski definition) is 2. The number of benzene rings is 1. The molecule has 0 saturated carbocycles. The van der Waals surface area contributed by atoms with Crippen LogP contribution in [0.2, 0.25) is 0 Å². The minimum atomic E-state index is -0.612. The first-order valence-electron chi connectivity index (χ1n) is 4.24. The molecule has 4 heteroatoms. The molecule has 1 N–H and O–H groups in total. The van der Waals surface area contributed by atoms with Crippen molar-refractivity contribution in [1.82, 2.24) is 0 Å². The Bertz CT molecular complexity index is 403. The van der Waals surface area contributed by atoms with Gasteiger partial charge in [-0.2, -0.15) is 0 Å². The Morgan fingerprint density at radius 3 is 2.86 bits per heavy atom. The zero-order valence-electron chi connectivity index (χ0n) is 7.93. The Kier molecular flexibility index (Phi) is 2.16. The molecule has 0 aliphatic carbocycles. The summed E-state index contributed by atoms with van der Waals surface area (Å²) in [6.07, 6.45) is 0. The number of ether oxygens (including phenoxy) is 1. The van der Waals surface area contributed by atoms with Crippen LogP contribution in [0.25, 0.3) is 0 Å². The molecule has 1 aliphatic rings. The summed E-state index contributed by atoms with van der Waals surface area (Å²) in [6.45, 7) is 1.88. The first-order valence-corrected chi connectivity index (χ1v) is 5.03. The van der Waals surface area contributed by atoms with E-state index in [-0.39, 0.29) is 0 Å². The van der Waals surface area contributed by atoms with E-state index >= 15 is 0 Å². The number of rotatable bonds is 1. The molecular formula is C10H10ClNOS. The summed E-state index contributed by atoms with van der Waals surface area (Å²) in [7, 11) is 1.63. The van der Waals surface area contributed by atoms with Gasteiger partial charge in [0.15, 0.2) is 0 Å². The van der Waals surface area contributed by atoms with E-state index < -0.39 is 4.87 Å². The van der Waals surface area contributed by atoms with Crippen molar-refractivity contribution in [2.45, 2.75) is 11.8 Å². The van der Waals surface area contributed by atoms with Gasteiger partial charge in [0, 0.05) is 11.3 Å². The number of nitrogens with one attached hydrogen (secondary N) is 1. The third kappa shape index (κ3) is 1.28. The van der Waals surface area contributed by atoms with Crippen LogP contribution in [0.3, 0.4) is 0 Å². The molecule has 14 heavy (non-hydrogen) atoms. The summed E-state index contributed by atoms with van der Waals surface area (Å²) in [5.41, 5.74) is 1.94. The first-order chi connectivity index (χ1) is 6.55. The topological polar surface area (TPSA) is 21.3 Å². The fourth-order valence-corrected chi connectivity index (χ4v) is 1.93. The molecule has 1 heterocycles. The molecule has 0 amide bonds. The number of anilines is 1. The molecule has 0 spiro atoms. The van der Waals surface area contributed by atoms with Crippen molar-refractivity contribution in [3.05, 3.63) is 23.8 Å². The van der Waals surface area contributed by atoms with Crippen LogP contribution in [-0.2, 0) is 4.87 Å². The molecule has 0 aromatic heterocycles. The van der Waals surface area contributed by atoms with Gasteiger partial charge in [-0.05, 0) is 25.1 Å². The highest BCUT2D eigenvalue weighted by Gasteiger charge is 2.37. The molecule has 0 saturated heterocycles. The van der Waals surface area contributed by atoms with Gasteiger partial charge in [-0.15, -0.1) is 11.6 Å². The fraction of sp³-hybridized carbons (Fsp3) is 0.300. The monoisotopic (exact) mass is 227 g/mol. The van der Waals surface area contributed by atoms with Gasteiger partial charge in [0.2, 0.25) is 0 Å². The lowest BCUT2D eigenvalue weighted by Crippen LogP contribution is -2.22. The van der Waals surface area contributed by atoms with Crippen LogP contribution < -0.4 is 10.1 Å². The van der Waals surface area contributed by atoms with Crippen LogP contribution in [0, 0.1) is 0 Å². The van der Waals surface area contributed by atoms with Gasteiger partial charge >= 0.3 is 0 Å². The molecule has 2 rings (SSSR count). The smallest absolute Gasteiger partial charge is 0.119 e. The number of methoxy groups -OCH3 is 1. The van der Waals surface area contributed by atoms with Crippen molar-refractivity contribution in [2.24, 2.45) is 0 Å². The van der Waals surface area contributed by atoms with E-state index in [4.69, 9.17) is 28.6 Å². The van der Waals surface area contributed by atoms with Gasteiger partial charge < -0.3 is 10.1 Å². The van der Waals surface area contributed by atoms with E-state index in [0.717, 1.165) is 17.0 Å². The van der Waals surface area contributed by atoms with E-state index in [9.17, 15) is 0 Å². The summed E-state index contributed by atoms with van der Waals surface area (Å²) >= 11 is 11.5. The zero-order valence-corrected chi connectivity index (χ0v) is 9.50. The summed E-state index contributed by atoms with van der Waals surface area (Å²) in [6, 6.07) is 5.72. The summed E-state index contributed by atoms with van der Waals surface area (Å²) in [4.78, 5) is 0.0292. The number of halogens is 1. The van der Waals surface area contributed by atoms with E-state index in [1.54, 1.807) is 7.11 Å². The third-order valence-corrected chi connectivity index (χ3v) is 3.42. The zero-order chi connectivity index (χ0) is 10.3. The minimum absolute atomic E-state index is 0.612. The number of fused-ring (bicyclic) bond motifs is 1. The minimum Gasteiger partial charge on any atom is -0.497 e. The Balaban J connectivity index is 2.56. The molecule has 1 aliphatic heterocycles. The predicted octanol–water partition coefficient (Wildman–Crippen LogP) is 2.90. The quantitative estimate of drug-likeness (QED) is 0.589. The van der Waals surface area contributed by atoms with E-state index in [1.807, 2.05) is 25.1 Å². The summed E-state index contributed by atoms with van der Waals surface area (Å²) in [5, 5.41) is 3.08. The maximum Gasteiger partial charge on any atom is 0.119 e. The Morgan fingerprint density at radius 1 is 1.50 bits per heavy atom. The highest BCUT2D eigenvalue weighted by atomic mass is 35.5. The van der Waals surface area contributed by atoms with Gasteiger partial charge in [-0.3, -0.25) is 0 Å². The van der Waals surface area contributed by atoms with Crippen LogP contribution >= 0.6 is 23.8 Å². The molecule has 0 bridgehead atoms. The number of hydrogen-bond donors (Lipinski definition) is 1. The average Bonchev–Trinajstić information content (AvgIpc) is 2.38. The van der Waals surface area contributed by atoms with Crippen LogP contribution in [0.5, 0.6) is 5.75 Å². The van der Waals surface area contributed by atoms with E-state index in [0.29, 0.717) is 4.99 Å². The van der Waals surface area contributed by atoms with Crippen LogP contribution in [0.15, 0.2) is 18.2 Å². The lowest BCUT2D eigenvalue weighted by atomic mass is 10.0. The number of alkyl halides is 1. The fourth-order valence-electron chi connectivity index (χ4n) is 1.51. The van der Waals surface area contributed by atoms with Crippen molar-refractivity contribution in [3.8, 4) is 5.75 Å². The predicted molar refractivity (Wildman–Crippen MR) is 62.4 cm³/mol. The second kappa shape index (κ2) is 3.11. The van der Waals surface area contributed by atoms with Gasteiger partial charge in [0.1, 0.15) is 15.6 Å². The summed E-state index contributed by atoms with van der Waals surface area (Å²) < 4.78 is 5.14. The van der Waals surface area contributed by atoms with Crippen LogP contribution in [0.1, 0.15) is 12.5 Å². The molecule has 1 aromatic rings. The molecule has 74 valence electrons. The van der Waals surface area contributed by atoms with Crippen molar-refractivity contribution in [1.29, 1.82) is 0 Å². The van der Waals surface area contributed by atoms with E-state index in [2.05, 4.69) is 5.32 Å². The molecule has 1 atom stereocenters. The normalized spacial score (nSPS) is 24.4. The highest BCUT2D eigenvalue weighted by Crippen LogP contribution is 2.42. The van der Waals surface area contributed by atoms with Gasteiger partial charge in [-0.1, -0.05) is 12.2 Å². The largest absolute Gasteiger partial charge is 0.497 e. The van der Waals surface area contributed by atoms with Crippen molar-refractivity contribution in [2.75, 3.05) is 12.4 Å². The maximum atomic E-state index is 6.32. The van der Waals surface area contributed by atoms with Gasteiger partial charge in [0.25, 0.3) is 0 Å². The second-order valence-corrected chi connectivity index (χ2v) is 4.53. The van der Waals surface area contributed by atoms with Crippen LogP contribution in [0.4, 0.5) is 5.69 Å². The lowest BCUT2D eigenvalue weighted by Gasteiger charge is -2.14. The number of thiocarbonyl (C=S) groups is 1. The van der Waals surface area contributed by atoms with Gasteiger partial charge in [0.05, 0.1) is 7.11 Å².